The van der Waals surface area contributed by atoms with Crippen molar-refractivity contribution in [2.45, 2.75) is 13.1 Å². The van der Waals surface area contributed by atoms with Gasteiger partial charge in [-0.15, -0.1) is 0 Å². The number of nitrogens with two attached hydrogens (primary N) is 1. The molecule has 0 saturated heterocycles. The first-order valence-corrected chi connectivity index (χ1v) is 9.10. The third-order valence-corrected chi connectivity index (χ3v) is 4.93. The van der Waals surface area contributed by atoms with Crippen LogP contribution in [0, 0.1) is 17.5 Å². The van der Waals surface area contributed by atoms with Crippen molar-refractivity contribution in [3.63, 3.8) is 0 Å². The molecule has 30 heavy (non-hydrogen) atoms. The largest absolute Gasteiger partial charge is 0.419 e. The molecule has 2 heterocycles. The molecule has 2 aromatic carbocycles. The van der Waals surface area contributed by atoms with Crippen LogP contribution in [0.4, 0.5) is 23.7 Å². The number of hydrogen-bond acceptors (Lipinski definition) is 3. The predicted octanol–water partition coefficient (Wildman–Crippen LogP) is 1.70. The van der Waals surface area contributed by atoms with Crippen LogP contribution in [0.3, 0.4) is 0 Å². The lowest BCUT2D eigenvalue weighted by molar-refractivity contribution is -0.833. The summed E-state index contributed by atoms with van der Waals surface area (Å²) in [5, 5.41) is 6.74. The zero-order chi connectivity index (χ0) is 21.4. The highest BCUT2D eigenvalue weighted by molar-refractivity contribution is 6.00. The van der Waals surface area contributed by atoms with Gasteiger partial charge in [-0.1, -0.05) is 18.2 Å². The van der Waals surface area contributed by atoms with Gasteiger partial charge in [0.15, 0.2) is 11.6 Å². The molecule has 3 aromatic rings. The topological polar surface area (TPSA) is 94.5 Å². The SMILES string of the molecule is NC(=O)c1c(-c2cccc(F)c2)nn2c1C[NH+](C(=O)Nc1cccc(F)c1F)CC2. The van der Waals surface area contributed by atoms with Crippen LogP contribution in [0.2, 0.25) is 0 Å². The third-order valence-electron chi connectivity index (χ3n) is 4.93. The van der Waals surface area contributed by atoms with E-state index >= 15 is 0 Å². The fourth-order valence-corrected chi connectivity index (χ4v) is 3.49. The van der Waals surface area contributed by atoms with Crippen molar-refractivity contribution in [1.82, 2.24) is 9.78 Å². The van der Waals surface area contributed by atoms with Crippen LogP contribution in [0.15, 0.2) is 42.5 Å². The van der Waals surface area contributed by atoms with E-state index in [9.17, 15) is 22.8 Å². The standard InChI is InChI=1S/C20H16F3N5O2/c21-12-4-1-3-11(9-12)18-16(19(24)29)15-10-27(7-8-28(15)26-18)20(30)25-14-6-2-5-13(22)17(14)23/h1-6,9H,7-8,10H2,(H2,24,29)(H,25,30)/p+1. The van der Waals surface area contributed by atoms with Crippen molar-refractivity contribution in [2.75, 3.05) is 11.9 Å². The lowest BCUT2D eigenvalue weighted by Crippen LogP contribution is -3.15. The average molecular weight is 416 g/mol. The number of primary amides is 1. The Kier molecular flexibility index (Phi) is 5.00. The van der Waals surface area contributed by atoms with Crippen molar-refractivity contribution >= 4 is 17.6 Å². The Labute approximate surface area is 168 Å². The molecule has 0 saturated carbocycles. The summed E-state index contributed by atoms with van der Waals surface area (Å²) in [4.78, 5) is 25.1. The number of carbonyl (C=O) groups is 2. The van der Waals surface area contributed by atoms with E-state index in [1.165, 1.54) is 30.3 Å². The molecule has 4 rings (SSSR count). The van der Waals surface area contributed by atoms with Gasteiger partial charge in [-0.3, -0.25) is 14.8 Å². The van der Waals surface area contributed by atoms with Gasteiger partial charge in [-0.2, -0.15) is 5.10 Å². The first kappa shape index (κ1) is 19.6. The molecular formula is C20H17F3N5O2+. The first-order chi connectivity index (χ1) is 14.3. The predicted molar refractivity (Wildman–Crippen MR) is 101 cm³/mol. The number of quaternary nitrogens is 1. The van der Waals surface area contributed by atoms with Crippen LogP contribution < -0.4 is 16.0 Å². The molecule has 10 heteroatoms. The van der Waals surface area contributed by atoms with Crippen molar-refractivity contribution in [2.24, 2.45) is 5.73 Å². The van der Waals surface area contributed by atoms with Crippen LogP contribution in [0.5, 0.6) is 0 Å². The fourth-order valence-electron chi connectivity index (χ4n) is 3.49. The molecule has 154 valence electrons. The molecule has 0 aliphatic carbocycles. The number of halogens is 3. The highest BCUT2D eigenvalue weighted by atomic mass is 19.2. The van der Waals surface area contributed by atoms with Gasteiger partial charge >= 0.3 is 6.03 Å². The molecule has 1 aromatic heterocycles. The first-order valence-electron chi connectivity index (χ1n) is 9.10. The average Bonchev–Trinajstić information content (AvgIpc) is 3.10. The molecule has 7 nitrogen and oxygen atoms in total. The van der Waals surface area contributed by atoms with Gasteiger partial charge in [0.1, 0.15) is 30.3 Å². The van der Waals surface area contributed by atoms with Crippen molar-refractivity contribution in [1.29, 1.82) is 0 Å². The zero-order valence-corrected chi connectivity index (χ0v) is 15.6. The van der Waals surface area contributed by atoms with E-state index in [0.717, 1.165) is 6.07 Å². The minimum absolute atomic E-state index is 0.0450. The van der Waals surface area contributed by atoms with Crippen molar-refractivity contribution in [3.05, 3.63) is 71.2 Å². The third kappa shape index (κ3) is 3.52. The summed E-state index contributed by atoms with van der Waals surface area (Å²) in [5.41, 5.74) is 6.41. The zero-order valence-electron chi connectivity index (χ0n) is 15.6. The molecular weight excluding hydrogens is 399 g/mol. The molecule has 0 spiro atoms. The number of rotatable bonds is 3. The maximum absolute atomic E-state index is 13.9. The molecule has 1 unspecified atom stereocenters. The van der Waals surface area contributed by atoms with Gasteiger partial charge < -0.3 is 5.73 Å². The maximum Gasteiger partial charge on any atom is 0.419 e. The Morgan fingerprint density at radius 3 is 2.63 bits per heavy atom. The second-order valence-electron chi connectivity index (χ2n) is 6.85. The molecule has 1 aliphatic heterocycles. The normalized spacial score (nSPS) is 15.5. The Hall–Kier alpha value is -3.66. The summed E-state index contributed by atoms with van der Waals surface area (Å²) in [6, 6.07) is 8.50. The van der Waals surface area contributed by atoms with Gasteiger partial charge in [0.25, 0.3) is 5.91 Å². The number of carbonyl (C=O) groups excluding carboxylic acids is 2. The van der Waals surface area contributed by atoms with Crippen LogP contribution in [-0.2, 0) is 13.1 Å². The van der Waals surface area contributed by atoms with E-state index in [4.69, 9.17) is 5.73 Å². The van der Waals surface area contributed by atoms with Gasteiger partial charge in [0.2, 0.25) is 0 Å². The highest BCUT2D eigenvalue weighted by Gasteiger charge is 2.33. The summed E-state index contributed by atoms with van der Waals surface area (Å²) < 4.78 is 42.4. The number of nitrogens with one attached hydrogen (secondary N) is 2. The summed E-state index contributed by atoms with van der Waals surface area (Å²) in [5.74, 6) is -3.47. The Balaban J connectivity index is 1.64. The number of nitrogens with zero attached hydrogens (tertiary/aromatic N) is 2. The summed E-state index contributed by atoms with van der Waals surface area (Å²) >= 11 is 0. The molecule has 0 fully saturated rings. The van der Waals surface area contributed by atoms with E-state index in [2.05, 4.69) is 10.4 Å². The van der Waals surface area contributed by atoms with Gasteiger partial charge in [0, 0.05) is 5.56 Å². The monoisotopic (exact) mass is 416 g/mol. The number of fused-ring (bicyclic) bond motifs is 1. The Bertz CT molecular complexity index is 1160. The highest BCUT2D eigenvalue weighted by Crippen LogP contribution is 2.26. The second kappa shape index (κ2) is 7.64. The minimum atomic E-state index is -1.15. The summed E-state index contributed by atoms with van der Waals surface area (Å²) in [6.45, 7) is 0.612. The van der Waals surface area contributed by atoms with Crippen LogP contribution in [0.1, 0.15) is 16.1 Å². The lowest BCUT2D eigenvalue weighted by Gasteiger charge is -2.23. The second-order valence-corrected chi connectivity index (χ2v) is 6.85. The van der Waals surface area contributed by atoms with Crippen molar-refractivity contribution in [3.8, 4) is 11.3 Å². The minimum Gasteiger partial charge on any atom is -0.365 e. The van der Waals surface area contributed by atoms with E-state index in [0.29, 0.717) is 16.2 Å². The number of aromatic nitrogens is 2. The van der Waals surface area contributed by atoms with E-state index in [1.54, 1.807) is 10.7 Å². The number of benzene rings is 2. The van der Waals surface area contributed by atoms with Gasteiger partial charge in [0.05, 0.1) is 17.8 Å². The molecule has 1 atom stereocenters. The van der Waals surface area contributed by atoms with E-state index in [1.807, 2.05) is 0 Å². The summed E-state index contributed by atoms with van der Waals surface area (Å²) in [6.07, 6.45) is 0. The number of urea groups is 1. The Morgan fingerprint density at radius 1 is 1.13 bits per heavy atom. The van der Waals surface area contributed by atoms with Gasteiger partial charge in [-0.25, -0.2) is 22.9 Å². The van der Waals surface area contributed by atoms with Crippen molar-refractivity contribution < 1.29 is 27.7 Å². The van der Waals surface area contributed by atoms with Crippen LogP contribution in [0.25, 0.3) is 11.3 Å². The molecule has 3 amide bonds. The lowest BCUT2D eigenvalue weighted by atomic mass is 10.0. The van der Waals surface area contributed by atoms with Gasteiger partial charge in [-0.05, 0) is 24.3 Å². The van der Waals surface area contributed by atoms with E-state index in [-0.39, 0.29) is 36.6 Å². The number of amides is 3. The fraction of sp³-hybridized carbons (Fsp3) is 0.150. The van der Waals surface area contributed by atoms with Crippen LogP contribution in [-0.4, -0.2) is 28.3 Å². The molecule has 0 radical (unpaired) electrons. The molecule has 1 aliphatic rings. The number of hydrogen-bond donors (Lipinski definition) is 3. The van der Waals surface area contributed by atoms with E-state index < -0.39 is 29.4 Å². The molecule has 0 bridgehead atoms. The number of anilines is 1. The summed E-state index contributed by atoms with van der Waals surface area (Å²) in [7, 11) is 0. The molecule has 4 N–H and O–H groups in total. The Morgan fingerprint density at radius 2 is 1.90 bits per heavy atom. The van der Waals surface area contributed by atoms with Crippen LogP contribution >= 0.6 is 0 Å². The smallest absolute Gasteiger partial charge is 0.365 e. The quantitative estimate of drug-likeness (QED) is 0.607. The maximum atomic E-state index is 13.9.